The molecule has 1 heterocycles. The van der Waals surface area contributed by atoms with Gasteiger partial charge in [0.25, 0.3) is 5.56 Å². The minimum Gasteiger partial charge on any atom is -0.268 e. The Hall–Kier alpha value is -3.50. The Balaban J connectivity index is 1.75. The predicted octanol–water partition coefficient (Wildman–Crippen LogP) is 6.47. The van der Waals surface area contributed by atoms with Crippen LogP contribution in [0.5, 0.6) is 0 Å². The van der Waals surface area contributed by atoms with Crippen molar-refractivity contribution in [1.29, 1.82) is 0 Å². The monoisotopic (exact) mass is 452 g/mol. The van der Waals surface area contributed by atoms with Crippen molar-refractivity contribution in [3.63, 3.8) is 0 Å². The van der Waals surface area contributed by atoms with E-state index in [-0.39, 0.29) is 5.56 Å². The van der Waals surface area contributed by atoms with E-state index >= 15 is 0 Å². The van der Waals surface area contributed by atoms with Crippen LogP contribution in [0.2, 0.25) is 0 Å². The Morgan fingerprint density at radius 2 is 1.57 bits per heavy atom. The highest BCUT2D eigenvalue weighted by Gasteiger charge is 2.11. The Morgan fingerprint density at radius 1 is 0.767 bits per heavy atom. The molecule has 0 aliphatic rings. The molecule has 4 heteroatoms. The summed E-state index contributed by atoms with van der Waals surface area (Å²) in [4.78, 5) is 18.2. The Kier molecular flexibility index (Phi) is 4.77. The van der Waals surface area contributed by atoms with Crippen LogP contribution in [0.25, 0.3) is 39.5 Å². The second-order valence-corrected chi connectivity index (χ2v) is 7.96. The summed E-state index contributed by atoms with van der Waals surface area (Å²) < 4.78 is 2.69. The standard InChI is InChI=1S/C26H17BrN2O/c27-21-9-5-6-18(16-21)12-15-25-28-24-11-4-3-10-23(24)26(30)29(25)22-14-13-19-7-1-2-8-20(19)17-22/h1-17H. The first-order valence-corrected chi connectivity index (χ1v) is 10.4. The molecule has 0 aliphatic heterocycles. The van der Waals surface area contributed by atoms with Gasteiger partial charge in [-0.05, 0) is 58.8 Å². The largest absolute Gasteiger partial charge is 0.268 e. The number of hydrogen-bond acceptors (Lipinski definition) is 2. The van der Waals surface area contributed by atoms with Crippen LogP contribution in [-0.2, 0) is 0 Å². The van der Waals surface area contributed by atoms with Gasteiger partial charge in [0.15, 0.2) is 0 Å². The molecule has 0 bridgehead atoms. The maximum atomic E-state index is 13.4. The van der Waals surface area contributed by atoms with E-state index in [9.17, 15) is 4.79 Å². The van der Waals surface area contributed by atoms with Gasteiger partial charge in [0.2, 0.25) is 0 Å². The zero-order chi connectivity index (χ0) is 20.5. The van der Waals surface area contributed by atoms with Crippen LogP contribution in [0.15, 0.2) is 100 Å². The number of fused-ring (bicyclic) bond motifs is 2. The molecule has 0 amide bonds. The molecule has 5 aromatic rings. The fraction of sp³-hybridized carbons (Fsp3) is 0. The van der Waals surface area contributed by atoms with Crippen LogP contribution in [0.1, 0.15) is 11.4 Å². The van der Waals surface area contributed by atoms with Crippen molar-refractivity contribution in [2.75, 3.05) is 0 Å². The fourth-order valence-corrected chi connectivity index (χ4v) is 4.02. The summed E-state index contributed by atoms with van der Waals surface area (Å²) >= 11 is 3.50. The molecule has 144 valence electrons. The third-order valence-electron chi connectivity index (χ3n) is 5.07. The summed E-state index contributed by atoms with van der Waals surface area (Å²) in [5.74, 6) is 0.592. The molecule has 0 saturated carbocycles. The number of halogens is 1. The number of benzene rings is 4. The van der Waals surface area contributed by atoms with Crippen molar-refractivity contribution < 1.29 is 0 Å². The number of hydrogen-bond donors (Lipinski definition) is 0. The van der Waals surface area contributed by atoms with Crippen LogP contribution in [0.3, 0.4) is 0 Å². The molecule has 0 fully saturated rings. The zero-order valence-corrected chi connectivity index (χ0v) is 17.6. The minimum atomic E-state index is -0.0789. The quantitative estimate of drug-likeness (QED) is 0.314. The predicted molar refractivity (Wildman–Crippen MR) is 128 cm³/mol. The first kappa shape index (κ1) is 18.5. The molecule has 0 atom stereocenters. The van der Waals surface area contributed by atoms with Gasteiger partial charge < -0.3 is 0 Å². The van der Waals surface area contributed by atoms with E-state index in [1.54, 1.807) is 4.57 Å². The summed E-state index contributed by atoms with van der Waals surface area (Å²) in [7, 11) is 0. The van der Waals surface area contributed by atoms with E-state index < -0.39 is 0 Å². The molecule has 0 unspecified atom stereocenters. The maximum Gasteiger partial charge on any atom is 0.266 e. The highest BCUT2D eigenvalue weighted by Crippen LogP contribution is 2.21. The highest BCUT2D eigenvalue weighted by molar-refractivity contribution is 9.10. The van der Waals surface area contributed by atoms with Crippen LogP contribution in [0, 0.1) is 0 Å². The average molecular weight is 453 g/mol. The molecule has 0 saturated heterocycles. The Labute approximate surface area is 182 Å². The number of nitrogens with zero attached hydrogens (tertiary/aromatic N) is 2. The van der Waals surface area contributed by atoms with Crippen molar-refractivity contribution in [2.45, 2.75) is 0 Å². The summed E-state index contributed by atoms with van der Waals surface area (Å²) in [6, 6.07) is 29.6. The average Bonchev–Trinajstić information content (AvgIpc) is 2.77. The first-order chi connectivity index (χ1) is 14.7. The third kappa shape index (κ3) is 3.46. The van der Waals surface area contributed by atoms with E-state index in [4.69, 9.17) is 4.98 Å². The van der Waals surface area contributed by atoms with Gasteiger partial charge in [0.05, 0.1) is 16.6 Å². The third-order valence-corrected chi connectivity index (χ3v) is 5.56. The molecular weight excluding hydrogens is 436 g/mol. The number of para-hydroxylation sites is 1. The van der Waals surface area contributed by atoms with Crippen molar-refractivity contribution in [3.05, 3.63) is 117 Å². The van der Waals surface area contributed by atoms with E-state index in [1.165, 1.54) is 0 Å². The lowest BCUT2D eigenvalue weighted by Crippen LogP contribution is -2.22. The van der Waals surface area contributed by atoms with E-state index in [1.807, 2.05) is 91.0 Å². The Morgan fingerprint density at radius 3 is 2.43 bits per heavy atom. The van der Waals surface area contributed by atoms with Gasteiger partial charge >= 0.3 is 0 Å². The summed E-state index contributed by atoms with van der Waals surface area (Å²) in [6.07, 6.45) is 3.86. The SMILES string of the molecule is O=c1c2ccccc2nc(C=Cc2cccc(Br)c2)n1-c1ccc2ccccc2c1. The molecule has 5 rings (SSSR count). The van der Waals surface area contributed by atoms with Gasteiger partial charge in [0, 0.05) is 4.47 Å². The topological polar surface area (TPSA) is 34.9 Å². The normalized spacial score (nSPS) is 11.5. The van der Waals surface area contributed by atoms with Crippen molar-refractivity contribution in [3.8, 4) is 5.69 Å². The molecule has 30 heavy (non-hydrogen) atoms. The van der Waals surface area contributed by atoms with E-state index in [2.05, 4.69) is 28.1 Å². The van der Waals surface area contributed by atoms with Gasteiger partial charge in [-0.15, -0.1) is 0 Å². The van der Waals surface area contributed by atoms with Gasteiger partial charge in [0.1, 0.15) is 5.82 Å². The van der Waals surface area contributed by atoms with Crippen molar-refractivity contribution in [1.82, 2.24) is 9.55 Å². The van der Waals surface area contributed by atoms with Crippen LogP contribution in [0.4, 0.5) is 0 Å². The van der Waals surface area contributed by atoms with Crippen LogP contribution >= 0.6 is 15.9 Å². The fourth-order valence-electron chi connectivity index (χ4n) is 3.61. The van der Waals surface area contributed by atoms with Gasteiger partial charge in [-0.25, -0.2) is 4.98 Å². The lowest BCUT2D eigenvalue weighted by Gasteiger charge is -2.12. The molecular formula is C26H17BrN2O. The molecule has 0 spiro atoms. The molecule has 3 nitrogen and oxygen atoms in total. The number of rotatable bonds is 3. The van der Waals surface area contributed by atoms with Crippen molar-refractivity contribution >= 4 is 49.8 Å². The maximum absolute atomic E-state index is 13.4. The highest BCUT2D eigenvalue weighted by atomic mass is 79.9. The van der Waals surface area contributed by atoms with E-state index in [0.29, 0.717) is 16.7 Å². The van der Waals surface area contributed by atoms with Crippen LogP contribution < -0.4 is 5.56 Å². The lowest BCUT2D eigenvalue weighted by atomic mass is 10.1. The number of aromatic nitrogens is 2. The minimum absolute atomic E-state index is 0.0789. The summed E-state index contributed by atoms with van der Waals surface area (Å²) in [6.45, 7) is 0. The molecule has 4 aromatic carbocycles. The molecule has 1 aromatic heterocycles. The van der Waals surface area contributed by atoms with Crippen LogP contribution in [-0.4, -0.2) is 9.55 Å². The van der Waals surface area contributed by atoms with Gasteiger partial charge in [-0.2, -0.15) is 0 Å². The van der Waals surface area contributed by atoms with Gasteiger partial charge in [-0.1, -0.05) is 76.6 Å². The summed E-state index contributed by atoms with van der Waals surface area (Å²) in [5.41, 5.74) is 2.43. The van der Waals surface area contributed by atoms with E-state index in [0.717, 1.165) is 26.5 Å². The lowest BCUT2D eigenvalue weighted by molar-refractivity contribution is 0.946. The first-order valence-electron chi connectivity index (χ1n) is 9.64. The molecule has 0 aliphatic carbocycles. The van der Waals surface area contributed by atoms with Gasteiger partial charge in [-0.3, -0.25) is 9.36 Å². The zero-order valence-electron chi connectivity index (χ0n) is 16.0. The smallest absolute Gasteiger partial charge is 0.266 e. The molecule has 0 N–H and O–H groups in total. The Bertz CT molecular complexity index is 1480. The van der Waals surface area contributed by atoms with Crippen molar-refractivity contribution in [2.24, 2.45) is 0 Å². The second-order valence-electron chi connectivity index (χ2n) is 7.05. The molecule has 0 radical (unpaired) electrons. The second kappa shape index (κ2) is 7.73. The summed E-state index contributed by atoms with van der Waals surface area (Å²) in [5, 5.41) is 2.82.